The van der Waals surface area contributed by atoms with Gasteiger partial charge in [0.25, 0.3) is 0 Å². The molecule has 0 saturated heterocycles. The normalized spacial score (nSPS) is 18.8. The molecule has 1 heterocycles. The van der Waals surface area contributed by atoms with Crippen LogP contribution in [0.4, 0.5) is 5.95 Å². The monoisotopic (exact) mass is 183 g/mol. The predicted octanol–water partition coefficient (Wildman–Crippen LogP) is 1.66. The number of halogens is 1. The lowest BCUT2D eigenvalue weighted by atomic mass is 10.3. The molecule has 64 valence electrons. The summed E-state index contributed by atoms with van der Waals surface area (Å²) in [6.07, 6.45) is 5.68. The Labute approximate surface area is 76.2 Å². The van der Waals surface area contributed by atoms with Gasteiger partial charge in [0.1, 0.15) is 0 Å². The number of anilines is 1. The molecule has 4 heteroatoms. The van der Waals surface area contributed by atoms with Crippen molar-refractivity contribution < 1.29 is 0 Å². The van der Waals surface area contributed by atoms with Gasteiger partial charge < -0.3 is 5.32 Å². The average molecular weight is 184 g/mol. The molecule has 0 spiro atoms. The van der Waals surface area contributed by atoms with E-state index in [9.17, 15) is 0 Å². The molecule has 1 fully saturated rings. The Morgan fingerprint density at radius 1 is 1.42 bits per heavy atom. The van der Waals surface area contributed by atoms with Gasteiger partial charge >= 0.3 is 0 Å². The van der Waals surface area contributed by atoms with Crippen molar-refractivity contribution in [2.45, 2.75) is 18.4 Å². The van der Waals surface area contributed by atoms with Crippen molar-refractivity contribution in [3.63, 3.8) is 0 Å². The Morgan fingerprint density at radius 2 is 2.08 bits per heavy atom. The van der Waals surface area contributed by atoms with E-state index >= 15 is 0 Å². The van der Waals surface area contributed by atoms with Crippen molar-refractivity contribution in [1.82, 2.24) is 9.97 Å². The number of nitrogens with zero attached hydrogens (tertiary/aromatic N) is 2. The number of hydrogen-bond acceptors (Lipinski definition) is 3. The minimum absolute atomic E-state index is 0.0862. The van der Waals surface area contributed by atoms with Gasteiger partial charge in [-0.1, -0.05) is 0 Å². The third-order valence-electron chi connectivity index (χ3n) is 2.05. The molecule has 1 saturated carbocycles. The largest absolute Gasteiger partial charge is 0.348 e. The van der Waals surface area contributed by atoms with Gasteiger partial charge in [0.15, 0.2) is 0 Å². The van der Waals surface area contributed by atoms with E-state index in [1.54, 1.807) is 18.5 Å². The quantitative estimate of drug-likeness (QED) is 0.725. The van der Waals surface area contributed by atoms with Gasteiger partial charge in [-0.3, -0.25) is 0 Å². The van der Waals surface area contributed by atoms with E-state index < -0.39 is 0 Å². The zero-order valence-corrected chi connectivity index (χ0v) is 7.38. The lowest BCUT2D eigenvalue weighted by Gasteiger charge is -2.12. The van der Waals surface area contributed by atoms with E-state index in [1.165, 1.54) is 0 Å². The molecule has 1 aliphatic rings. The van der Waals surface area contributed by atoms with Crippen LogP contribution in [0.1, 0.15) is 12.8 Å². The zero-order valence-electron chi connectivity index (χ0n) is 6.63. The van der Waals surface area contributed by atoms with Gasteiger partial charge in [-0.05, 0) is 18.9 Å². The molecule has 0 bridgehead atoms. The van der Waals surface area contributed by atoms with Gasteiger partial charge in [-0.2, -0.15) is 0 Å². The molecule has 3 nitrogen and oxygen atoms in total. The van der Waals surface area contributed by atoms with Crippen LogP contribution in [0, 0.1) is 0 Å². The molecule has 1 aliphatic carbocycles. The van der Waals surface area contributed by atoms with Gasteiger partial charge in [-0.15, -0.1) is 11.6 Å². The van der Waals surface area contributed by atoms with Crippen LogP contribution in [0.3, 0.4) is 0 Å². The fourth-order valence-corrected chi connectivity index (χ4v) is 1.38. The summed E-state index contributed by atoms with van der Waals surface area (Å²) in [4.78, 5) is 8.14. The van der Waals surface area contributed by atoms with E-state index in [2.05, 4.69) is 15.3 Å². The van der Waals surface area contributed by atoms with Gasteiger partial charge in [0.05, 0.1) is 5.54 Å². The molecule has 2 rings (SSSR count). The van der Waals surface area contributed by atoms with E-state index in [-0.39, 0.29) is 5.54 Å². The average Bonchev–Trinajstić information content (AvgIpc) is 2.88. The van der Waals surface area contributed by atoms with Crippen LogP contribution in [-0.2, 0) is 0 Å². The van der Waals surface area contributed by atoms with Crippen molar-refractivity contribution in [3.05, 3.63) is 18.5 Å². The Hall–Kier alpha value is -0.830. The summed E-state index contributed by atoms with van der Waals surface area (Å²) in [6.45, 7) is 0. The van der Waals surface area contributed by atoms with Gasteiger partial charge in [0, 0.05) is 18.3 Å². The van der Waals surface area contributed by atoms with Gasteiger partial charge in [-0.25, -0.2) is 9.97 Å². The predicted molar refractivity (Wildman–Crippen MR) is 48.3 cm³/mol. The summed E-state index contributed by atoms with van der Waals surface area (Å²) in [5, 5.41) is 3.22. The van der Waals surface area contributed by atoms with Crippen LogP contribution >= 0.6 is 11.6 Å². The second-order valence-corrected chi connectivity index (χ2v) is 3.38. The first kappa shape index (κ1) is 7.80. The first-order valence-corrected chi connectivity index (χ1v) is 4.49. The lowest BCUT2D eigenvalue weighted by Crippen LogP contribution is -2.24. The standard InChI is InChI=1S/C8H10ClN3/c9-6-8(2-3-8)12-7-10-4-1-5-11-7/h1,4-5H,2-3,6H2,(H,10,11,12). The maximum atomic E-state index is 5.79. The van der Waals surface area contributed by atoms with Crippen molar-refractivity contribution in [2.24, 2.45) is 0 Å². The SMILES string of the molecule is ClCC1(Nc2ncccn2)CC1. The van der Waals surface area contributed by atoms with Crippen LogP contribution in [0.5, 0.6) is 0 Å². The highest BCUT2D eigenvalue weighted by Crippen LogP contribution is 2.38. The molecule has 1 aromatic rings. The van der Waals surface area contributed by atoms with Crippen molar-refractivity contribution in [1.29, 1.82) is 0 Å². The fraction of sp³-hybridized carbons (Fsp3) is 0.500. The van der Waals surface area contributed by atoms with E-state index in [0.717, 1.165) is 12.8 Å². The molecule has 0 atom stereocenters. The third-order valence-corrected chi connectivity index (χ3v) is 2.56. The molecule has 1 N–H and O–H groups in total. The van der Waals surface area contributed by atoms with Crippen LogP contribution in [0.15, 0.2) is 18.5 Å². The second kappa shape index (κ2) is 2.90. The van der Waals surface area contributed by atoms with Crippen LogP contribution in [0.2, 0.25) is 0 Å². The summed E-state index contributed by atoms with van der Waals surface area (Å²) in [5.41, 5.74) is 0.0862. The van der Waals surface area contributed by atoms with E-state index in [4.69, 9.17) is 11.6 Å². The highest BCUT2D eigenvalue weighted by atomic mass is 35.5. The summed E-state index contributed by atoms with van der Waals surface area (Å²) in [6, 6.07) is 1.80. The van der Waals surface area contributed by atoms with Crippen LogP contribution in [0.25, 0.3) is 0 Å². The summed E-state index contributed by atoms with van der Waals surface area (Å²) >= 11 is 5.79. The van der Waals surface area contributed by atoms with Crippen molar-refractivity contribution in [3.8, 4) is 0 Å². The number of hydrogen-bond donors (Lipinski definition) is 1. The first-order chi connectivity index (χ1) is 5.85. The molecule has 12 heavy (non-hydrogen) atoms. The van der Waals surface area contributed by atoms with E-state index in [1.807, 2.05) is 0 Å². The van der Waals surface area contributed by atoms with Crippen molar-refractivity contribution >= 4 is 17.5 Å². The number of rotatable bonds is 3. The molecule has 1 aromatic heterocycles. The molecule has 0 unspecified atom stereocenters. The smallest absolute Gasteiger partial charge is 0.223 e. The minimum atomic E-state index is 0.0862. The maximum Gasteiger partial charge on any atom is 0.223 e. The number of nitrogens with one attached hydrogen (secondary N) is 1. The minimum Gasteiger partial charge on any atom is -0.348 e. The second-order valence-electron chi connectivity index (χ2n) is 3.11. The molecular weight excluding hydrogens is 174 g/mol. The van der Waals surface area contributed by atoms with Crippen LogP contribution < -0.4 is 5.32 Å². The molecule has 0 radical (unpaired) electrons. The number of aromatic nitrogens is 2. The highest BCUT2D eigenvalue weighted by molar-refractivity contribution is 6.19. The summed E-state index contributed by atoms with van der Waals surface area (Å²) in [5.74, 6) is 1.31. The molecular formula is C8H10ClN3. The highest BCUT2D eigenvalue weighted by Gasteiger charge is 2.42. The fourth-order valence-electron chi connectivity index (χ4n) is 1.04. The molecule has 0 amide bonds. The summed E-state index contributed by atoms with van der Waals surface area (Å²) in [7, 11) is 0. The lowest BCUT2D eigenvalue weighted by molar-refractivity contribution is 0.818. The Kier molecular flexibility index (Phi) is 1.89. The number of alkyl halides is 1. The molecule has 0 aromatic carbocycles. The Bertz CT molecular complexity index is 258. The third kappa shape index (κ3) is 1.50. The Balaban J connectivity index is 2.04. The first-order valence-electron chi connectivity index (χ1n) is 3.96. The van der Waals surface area contributed by atoms with Crippen molar-refractivity contribution in [2.75, 3.05) is 11.2 Å². The zero-order chi connectivity index (χ0) is 8.44. The maximum absolute atomic E-state index is 5.79. The van der Waals surface area contributed by atoms with Gasteiger partial charge in [0.2, 0.25) is 5.95 Å². The Morgan fingerprint density at radius 3 is 2.58 bits per heavy atom. The summed E-state index contributed by atoms with van der Waals surface area (Å²) < 4.78 is 0. The topological polar surface area (TPSA) is 37.8 Å². The van der Waals surface area contributed by atoms with E-state index in [0.29, 0.717) is 11.8 Å². The van der Waals surface area contributed by atoms with Crippen LogP contribution in [-0.4, -0.2) is 21.4 Å². The molecule has 0 aliphatic heterocycles.